The molecule has 1 aromatic carbocycles. The normalized spacial score (nSPS) is 11.9. The summed E-state index contributed by atoms with van der Waals surface area (Å²) in [6, 6.07) is 9.99. The van der Waals surface area contributed by atoms with E-state index in [9.17, 15) is 5.26 Å². The molecule has 3 nitrogen and oxygen atoms in total. The third-order valence-corrected chi connectivity index (χ3v) is 3.70. The Labute approximate surface area is 121 Å². The maximum atomic E-state index is 9.20. The molecule has 1 aromatic heterocycles. The van der Waals surface area contributed by atoms with E-state index < -0.39 is 0 Å². The van der Waals surface area contributed by atoms with E-state index in [1.165, 1.54) is 0 Å². The number of nitriles is 1. The summed E-state index contributed by atoms with van der Waals surface area (Å²) in [6.45, 7) is 5.94. The van der Waals surface area contributed by atoms with Gasteiger partial charge in [-0.1, -0.05) is 6.07 Å². The molecule has 0 saturated heterocycles. The molecule has 98 valence electrons. The van der Waals surface area contributed by atoms with E-state index in [-0.39, 0.29) is 6.04 Å². The molecule has 2 aromatic rings. The second-order valence-corrected chi connectivity index (χ2v) is 5.36. The third-order valence-electron chi connectivity index (χ3n) is 3.04. The highest BCUT2D eigenvalue weighted by molar-refractivity contribution is 9.10. The molecular formula is C15H15BrN2O. The summed E-state index contributed by atoms with van der Waals surface area (Å²) in [4.78, 5) is 0. The van der Waals surface area contributed by atoms with Gasteiger partial charge in [-0.3, -0.25) is 0 Å². The predicted molar refractivity (Wildman–Crippen MR) is 79.1 cm³/mol. The number of nitrogens with zero attached hydrogens (tertiary/aromatic N) is 1. The van der Waals surface area contributed by atoms with Crippen LogP contribution >= 0.6 is 15.9 Å². The van der Waals surface area contributed by atoms with Crippen molar-refractivity contribution in [3.05, 3.63) is 51.4 Å². The first kappa shape index (κ1) is 13.7. The minimum atomic E-state index is 0.0823. The summed E-state index contributed by atoms with van der Waals surface area (Å²) < 4.78 is 6.34. The summed E-state index contributed by atoms with van der Waals surface area (Å²) in [5, 5.41) is 12.6. The largest absolute Gasteiger partial charge is 0.466 e. The highest BCUT2D eigenvalue weighted by Crippen LogP contribution is 2.29. The number of nitrogens with one attached hydrogen (secondary N) is 1. The first-order chi connectivity index (χ1) is 9.02. The van der Waals surface area contributed by atoms with Gasteiger partial charge < -0.3 is 9.73 Å². The fraction of sp³-hybridized carbons (Fsp3) is 0.267. The number of hydrogen-bond donors (Lipinski definition) is 1. The topological polar surface area (TPSA) is 49.0 Å². The minimum Gasteiger partial charge on any atom is -0.466 e. The molecule has 0 spiro atoms. The third kappa shape index (κ3) is 2.82. The van der Waals surface area contributed by atoms with Crippen LogP contribution in [0.15, 0.2) is 33.2 Å². The van der Waals surface area contributed by atoms with Gasteiger partial charge in [0.25, 0.3) is 0 Å². The molecule has 0 amide bonds. The van der Waals surface area contributed by atoms with Gasteiger partial charge >= 0.3 is 0 Å². The molecule has 1 unspecified atom stereocenters. The van der Waals surface area contributed by atoms with Gasteiger partial charge in [0.05, 0.1) is 17.3 Å². The van der Waals surface area contributed by atoms with Crippen molar-refractivity contribution in [3.8, 4) is 6.07 Å². The van der Waals surface area contributed by atoms with Gasteiger partial charge in [0.1, 0.15) is 17.6 Å². The van der Waals surface area contributed by atoms with E-state index in [4.69, 9.17) is 4.42 Å². The molecule has 0 radical (unpaired) electrons. The van der Waals surface area contributed by atoms with Crippen LogP contribution < -0.4 is 5.32 Å². The molecule has 19 heavy (non-hydrogen) atoms. The molecular weight excluding hydrogens is 304 g/mol. The molecule has 2 rings (SSSR count). The van der Waals surface area contributed by atoms with E-state index in [0.717, 1.165) is 27.2 Å². The number of halogens is 1. The van der Waals surface area contributed by atoms with Crippen LogP contribution in [-0.4, -0.2) is 0 Å². The van der Waals surface area contributed by atoms with Gasteiger partial charge in [-0.05, 0) is 54.9 Å². The molecule has 0 aliphatic heterocycles. The lowest BCUT2D eigenvalue weighted by Gasteiger charge is -2.16. The van der Waals surface area contributed by atoms with Crippen LogP contribution in [-0.2, 0) is 0 Å². The SMILES string of the molecule is Cc1cc(C(C)Nc2cccc(Br)c2C#N)c(C)o1. The van der Waals surface area contributed by atoms with Crippen LogP contribution in [0.25, 0.3) is 0 Å². The molecule has 0 aliphatic carbocycles. The Morgan fingerprint density at radius 2 is 2.11 bits per heavy atom. The minimum absolute atomic E-state index is 0.0823. The van der Waals surface area contributed by atoms with Gasteiger partial charge in [0, 0.05) is 10.0 Å². The average Bonchev–Trinajstić information content (AvgIpc) is 2.69. The van der Waals surface area contributed by atoms with E-state index in [0.29, 0.717) is 5.56 Å². The van der Waals surface area contributed by atoms with Crippen LogP contribution in [0.5, 0.6) is 0 Å². The Morgan fingerprint density at radius 1 is 1.37 bits per heavy atom. The summed E-state index contributed by atoms with van der Waals surface area (Å²) in [7, 11) is 0. The maximum absolute atomic E-state index is 9.20. The quantitative estimate of drug-likeness (QED) is 0.892. The summed E-state index contributed by atoms with van der Waals surface area (Å²) in [5.41, 5.74) is 2.55. The highest BCUT2D eigenvalue weighted by Gasteiger charge is 2.14. The number of hydrogen-bond acceptors (Lipinski definition) is 3. The van der Waals surface area contributed by atoms with Crippen molar-refractivity contribution in [2.45, 2.75) is 26.8 Å². The molecule has 1 atom stereocenters. The number of rotatable bonds is 3. The molecule has 1 heterocycles. The molecule has 4 heteroatoms. The summed E-state index contributed by atoms with van der Waals surface area (Å²) in [5.74, 6) is 1.81. The Morgan fingerprint density at radius 3 is 2.68 bits per heavy atom. The van der Waals surface area contributed by atoms with Crippen LogP contribution in [0.2, 0.25) is 0 Å². The summed E-state index contributed by atoms with van der Waals surface area (Å²) in [6.07, 6.45) is 0. The van der Waals surface area contributed by atoms with Crippen molar-refractivity contribution in [1.29, 1.82) is 5.26 Å². The van der Waals surface area contributed by atoms with E-state index in [1.54, 1.807) is 0 Å². The molecule has 0 saturated carbocycles. The van der Waals surface area contributed by atoms with Gasteiger partial charge in [0.15, 0.2) is 0 Å². The molecule has 1 N–H and O–H groups in total. The summed E-state index contributed by atoms with van der Waals surface area (Å²) >= 11 is 3.39. The van der Waals surface area contributed by atoms with Crippen molar-refractivity contribution in [3.63, 3.8) is 0 Å². The zero-order valence-corrected chi connectivity index (χ0v) is 12.7. The Kier molecular flexibility index (Phi) is 3.96. The monoisotopic (exact) mass is 318 g/mol. The van der Waals surface area contributed by atoms with Crippen LogP contribution in [0.1, 0.15) is 35.6 Å². The fourth-order valence-electron chi connectivity index (χ4n) is 2.15. The Hall–Kier alpha value is -1.73. The highest BCUT2D eigenvalue weighted by atomic mass is 79.9. The van der Waals surface area contributed by atoms with Gasteiger partial charge in [0.2, 0.25) is 0 Å². The predicted octanol–water partition coefficient (Wildman–Crippen LogP) is 4.70. The lowest BCUT2D eigenvalue weighted by Crippen LogP contribution is -2.08. The van der Waals surface area contributed by atoms with Crippen molar-refractivity contribution >= 4 is 21.6 Å². The Balaban J connectivity index is 2.30. The van der Waals surface area contributed by atoms with E-state index in [2.05, 4.69) is 34.2 Å². The lowest BCUT2D eigenvalue weighted by molar-refractivity contribution is 0.500. The van der Waals surface area contributed by atoms with Crippen molar-refractivity contribution in [1.82, 2.24) is 0 Å². The smallest absolute Gasteiger partial charge is 0.106 e. The zero-order valence-electron chi connectivity index (χ0n) is 11.1. The number of benzene rings is 1. The fourth-order valence-corrected chi connectivity index (χ4v) is 2.60. The van der Waals surface area contributed by atoms with Crippen LogP contribution in [0.4, 0.5) is 5.69 Å². The Bertz CT molecular complexity index is 640. The van der Waals surface area contributed by atoms with Crippen LogP contribution in [0.3, 0.4) is 0 Å². The van der Waals surface area contributed by atoms with Gasteiger partial charge in [-0.15, -0.1) is 0 Å². The van der Waals surface area contributed by atoms with Crippen molar-refractivity contribution in [2.24, 2.45) is 0 Å². The zero-order chi connectivity index (χ0) is 14.0. The van der Waals surface area contributed by atoms with Crippen LogP contribution in [0, 0.1) is 25.2 Å². The van der Waals surface area contributed by atoms with Crippen molar-refractivity contribution < 1.29 is 4.42 Å². The van der Waals surface area contributed by atoms with Gasteiger partial charge in [-0.2, -0.15) is 5.26 Å². The van der Waals surface area contributed by atoms with E-state index >= 15 is 0 Å². The molecule has 0 bridgehead atoms. The molecule has 0 fully saturated rings. The van der Waals surface area contributed by atoms with Crippen molar-refractivity contribution in [2.75, 3.05) is 5.32 Å². The second kappa shape index (κ2) is 5.50. The second-order valence-electron chi connectivity index (χ2n) is 4.51. The van der Waals surface area contributed by atoms with E-state index in [1.807, 2.05) is 38.1 Å². The number of anilines is 1. The molecule has 0 aliphatic rings. The lowest BCUT2D eigenvalue weighted by atomic mass is 10.1. The van der Waals surface area contributed by atoms with Gasteiger partial charge in [-0.25, -0.2) is 0 Å². The maximum Gasteiger partial charge on any atom is 0.106 e. The number of furan rings is 1. The average molecular weight is 319 g/mol. The first-order valence-corrected chi connectivity index (χ1v) is 6.84. The standard InChI is InChI=1S/C15H15BrN2O/c1-9-7-12(11(3)19-9)10(2)18-15-6-4-5-14(16)13(15)8-17/h4-7,10,18H,1-3H3. The number of aryl methyl sites for hydroxylation is 2. The first-order valence-electron chi connectivity index (χ1n) is 6.05.